The van der Waals surface area contributed by atoms with Crippen LogP contribution in [0, 0.1) is 5.41 Å². The van der Waals surface area contributed by atoms with Gasteiger partial charge in [0.05, 0.1) is 0 Å². The van der Waals surface area contributed by atoms with E-state index in [1.165, 1.54) is 44.9 Å². The first-order valence-electron chi connectivity index (χ1n) is 7.33. The second kappa shape index (κ2) is 5.71. The van der Waals surface area contributed by atoms with E-state index in [4.69, 9.17) is 0 Å². The molecule has 0 bridgehead atoms. The summed E-state index contributed by atoms with van der Waals surface area (Å²) >= 11 is 0. The lowest BCUT2D eigenvalue weighted by atomic mass is 9.62. The van der Waals surface area contributed by atoms with Crippen LogP contribution in [-0.2, 0) is 0 Å². The van der Waals surface area contributed by atoms with Gasteiger partial charge in [-0.1, -0.05) is 69.9 Å². The van der Waals surface area contributed by atoms with E-state index in [0.717, 1.165) is 5.92 Å². The molecule has 1 aliphatic rings. The molecular formula is C17H26. The molecule has 1 unspecified atom stereocenters. The van der Waals surface area contributed by atoms with Crippen LogP contribution in [0.1, 0.15) is 70.3 Å². The third kappa shape index (κ3) is 2.73. The lowest BCUT2D eigenvalue weighted by Gasteiger charge is -2.43. The van der Waals surface area contributed by atoms with Crippen LogP contribution in [0.15, 0.2) is 30.3 Å². The number of benzene rings is 1. The van der Waals surface area contributed by atoms with Crippen LogP contribution in [0.25, 0.3) is 0 Å². The van der Waals surface area contributed by atoms with Gasteiger partial charge in [-0.25, -0.2) is 0 Å². The summed E-state index contributed by atoms with van der Waals surface area (Å²) in [6.07, 6.45) is 9.95. The summed E-state index contributed by atoms with van der Waals surface area (Å²) in [5.74, 6) is 0.726. The van der Waals surface area contributed by atoms with Crippen molar-refractivity contribution in [2.24, 2.45) is 5.41 Å². The predicted molar refractivity (Wildman–Crippen MR) is 75.3 cm³/mol. The highest BCUT2D eigenvalue weighted by Gasteiger charge is 2.36. The molecule has 0 nitrogen and oxygen atoms in total. The minimum Gasteiger partial charge on any atom is -0.0654 e. The Labute approximate surface area is 106 Å². The van der Waals surface area contributed by atoms with E-state index in [9.17, 15) is 0 Å². The molecule has 0 N–H and O–H groups in total. The van der Waals surface area contributed by atoms with E-state index < -0.39 is 0 Å². The smallest absolute Gasteiger partial charge is 0.0134 e. The average Bonchev–Trinajstić information content (AvgIpc) is 2.40. The van der Waals surface area contributed by atoms with E-state index in [2.05, 4.69) is 44.2 Å². The summed E-state index contributed by atoms with van der Waals surface area (Å²) in [4.78, 5) is 0. The van der Waals surface area contributed by atoms with Gasteiger partial charge in [0.2, 0.25) is 0 Å². The highest BCUT2D eigenvalue weighted by molar-refractivity contribution is 5.21. The zero-order chi connectivity index (χ0) is 12.1. The molecule has 94 valence electrons. The van der Waals surface area contributed by atoms with Crippen molar-refractivity contribution in [1.82, 2.24) is 0 Å². The Morgan fingerprint density at radius 3 is 2.29 bits per heavy atom. The standard InChI is InChI=1S/C17H26/c1-3-12-17(13-8-5-9-14-17)15(2)16-10-6-4-7-11-16/h4,6-7,10-11,15H,3,5,8-9,12-14H2,1-2H3. The molecule has 1 aromatic carbocycles. The van der Waals surface area contributed by atoms with Crippen molar-refractivity contribution >= 4 is 0 Å². The average molecular weight is 230 g/mol. The van der Waals surface area contributed by atoms with Crippen LogP contribution in [-0.4, -0.2) is 0 Å². The second-order valence-corrected chi connectivity index (χ2v) is 5.81. The molecule has 0 heterocycles. The van der Waals surface area contributed by atoms with E-state index in [1.807, 2.05) is 0 Å². The summed E-state index contributed by atoms with van der Waals surface area (Å²) in [5, 5.41) is 0. The van der Waals surface area contributed by atoms with Crippen molar-refractivity contribution in [3.05, 3.63) is 35.9 Å². The lowest BCUT2D eigenvalue weighted by Crippen LogP contribution is -2.30. The Morgan fingerprint density at radius 2 is 1.71 bits per heavy atom. The molecule has 0 spiro atoms. The minimum atomic E-state index is 0.592. The van der Waals surface area contributed by atoms with Gasteiger partial charge in [0.25, 0.3) is 0 Å². The van der Waals surface area contributed by atoms with Crippen LogP contribution in [0.4, 0.5) is 0 Å². The molecule has 1 aromatic rings. The normalized spacial score (nSPS) is 21.1. The summed E-state index contributed by atoms with van der Waals surface area (Å²) in [6, 6.07) is 11.1. The Hall–Kier alpha value is -0.780. The minimum absolute atomic E-state index is 0.592. The second-order valence-electron chi connectivity index (χ2n) is 5.81. The molecule has 1 fully saturated rings. The Morgan fingerprint density at radius 1 is 1.06 bits per heavy atom. The molecule has 17 heavy (non-hydrogen) atoms. The Bertz CT molecular complexity index is 314. The maximum atomic E-state index is 2.45. The molecule has 2 rings (SSSR count). The Balaban J connectivity index is 2.20. The first-order chi connectivity index (χ1) is 8.28. The van der Waals surface area contributed by atoms with Crippen LogP contribution >= 0.6 is 0 Å². The van der Waals surface area contributed by atoms with E-state index >= 15 is 0 Å². The van der Waals surface area contributed by atoms with Gasteiger partial charge in [0.1, 0.15) is 0 Å². The zero-order valence-electron chi connectivity index (χ0n) is 11.4. The predicted octanol–water partition coefficient (Wildman–Crippen LogP) is 5.54. The molecule has 0 amide bonds. The number of rotatable bonds is 4. The van der Waals surface area contributed by atoms with Gasteiger partial charge in [-0.2, -0.15) is 0 Å². The molecule has 1 saturated carbocycles. The van der Waals surface area contributed by atoms with Crippen molar-refractivity contribution in [2.45, 2.75) is 64.7 Å². The van der Waals surface area contributed by atoms with Crippen molar-refractivity contribution in [3.8, 4) is 0 Å². The fourth-order valence-electron chi connectivity index (χ4n) is 3.75. The molecule has 1 atom stereocenters. The van der Waals surface area contributed by atoms with Gasteiger partial charge in [-0.05, 0) is 36.2 Å². The van der Waals surface area contributed by atoms with Gasteiger partial charge in [-0.3, -0.25) is 0 Å². The molecule has 1 aliphatic carbocycles. The van der Waals surface area contributed by atoms with Crippen LogP contribution in [0.2, 0.25) is 0 Å². The first kappa shape index (κ1) is 12.7. The first-order valence-corrected chi connectivity index (χ1v) is 7.33. The number of hydrogen-bond donors (Lipinski definition) is 0. The lowest BCUT2D eigenvalue weighted by molar-refractivity contribution is 0.135. The SMILES string of the molecule is CCCC1(C(C)c2ccccc2)CCCCC1. The van der Waals surface area contributed by atoms with E-state index in [-0.39, 0.29) is 0 Å². The summed E-state index contributed by atoms with van der Waals surface area (Å²) in [5.41, 5.74) is 2.14. The molecule has 0 aromatic heterocycles. The molecule has 0 aliphatic heterocycles. The largest absolute Gasteiger partial charge is 0.0654 e. The fourth-order valence-corrected chi connectivity index (χ4v) is 3.75. The topological polar surface area (TPSA) is 0 Å². The fraction of sp³-hybridized carbons (Fsp3) is 0.647. The Kier molecular flexibility index (Phi) is 4.25. The molecule has 0 heteroatoms. The summed E-state index contributed by atoms with van der Waals surface area (Å²) in [7, 11) is 0. The molecule has 0 radical (unpaired) electrons. The van der Waals surface area contributed by atoms with E-state index in [0.29, 0.717) is 5.41 Å². The van der Waals surface area contributed by atoms with Gasteiger partial charge < -0.3 is 0 Å². The highest BCUT2D eigenvalue weighted by atomic mass is 14.4. The van der Waals surface area contributed by atoms with Gasteiger partial charge >= 0.3 is 0 Å². The van der Waals surface area contributed by atoms with Crippen molar-refractivity contribution in [2.75, 3.05) is 0 Å². The molecular weight excluding hydrogens is 204 g/mol. The summed E-state index contributed by atoms with van der Waals surface area (Å²) in [6.45, 7) is 4.80. The van der Waals surface area contributed by atoms with Crippen LogP contribution in [0.3, 0.4) is 0 Å². The third-order valence-corrected chi connectivity index (χ3v) is 4.82. The van der Waals surface area contributed by atoms with Gasteiger partial charge in [0.15, 0.2) is 0 Å². The third-order valence-electron chi connectivity index (χ3n) is 4.82. The zero-order valence-corrected chi connectivity index (χ0v) is 11.4. The summed E-state index contributed by atoms with van der Waals surface area (Å²) < 4.78 is 0. The highest BCUT2D eigenvalue weighted by Crippen LogP contribution is 2.50. The monoisotopic (exact) mass is 230 g/mol. The van der Waals surface area contributed by atoms with E-state index in [1.54, 1.807) is 5.56 Å². The number of hydrogen-bond acceptors (Lipinski definition) is 0. The quantitative estimate of drug-likeness (QED) is 0.637. The van der Waals surface area contributed by atoms with Crippen molar-refractivity contribution in [3.63, 3.8) is 0 Å². The maximum absolute atomic E-state index is 2.45. The van der Waals surface area contributed by atoms with Crippen molar-refractivity contribution < 1.29 is 0 Å². The van der Waals surface area contributed by atoms with Crippen LogP contribution in [0.5, 0.6) is 0 Å². The van der Waals surface area contributed by atoms with Gasteiger partial charge in [-0.15, -0.1) is 0 Å². The van der Waals surface area contributed by atoms with Crippen LogP contribution < -0.4 is 0 Å². The molecule has 0 saturated heterocycles. The maximum Gasteiger partial charge on any atom is -0.0134 e. The van der Waals surface area contributed by atoms with Gasteiger partial charge in [0, 0.05) is 0 Å². The van der Waals surface area contributed by atoms with Crippen molar-refractivity contribution in [1.29, 1.82) is 0 Å².